The normalized spacial score (nSPS) is 18.6. The number of nitrogens with two attached hydrogens (primary N) is 1. The lowest BCUT2D eigenvalue weighted by atomic mass is 9.65. The molecule has 0 aromatic rings. The summed E-state index contributed by atoms with van der Waals surface area (Å²) in [6.07, 6.45) is 8.72. The molecule has 2 heteroatoms. The van der Waals surface area contributed by atoms with Gasteiger partial charge in [0.15, 0.2) is 0 Å². The van der Waals surface area contributed by atoms with Crippen molar-refractivity contribution in [2.24, 2.45) is 11.1 Å². The van der Waals surface area contributed by atoms with E-state index in [0.29, 0.717) is 25.2 Å². The first kappa shape index (κ1) is 11.4. The van der Waals surface area contributed by atoms with Crippen molar-refractivity contribution in [3.8, 4) is 0 Å². The molecule has 80 valence electrons. The molecule has 1 aliphatic rings. The second kappa shape index (κ2) is 5.30. The van der Waals surface area contributed by atoms with Gasteiger partial charge in [0.25, 0.3) is 0 Å². The minimum absolute atomic E-state index is 0.186. The van der Waals surface area contributed by atoms with E-state index < -0.39 is 0 Å². The maximum atomic E-state index is 11.6. The highest BCUT2D eigenvalue weighted by Crippen LogP contribution is 2.43. The highest BCUT2D eigenvalue weighted by molar-refractivity contribution is 5.79. The van der Waals surface area contributed by atoms with Gasteiger partial charge in [0.2, 0.25) is 0 Å². The summed E-state index contributed by atoms with van der Waals surface area (Å²) in [7, 11) is 0. The monoisotopic (exact) mass is 195 g/mol. The highest BCUT2D eigenvalue weighted by atomic mass is 16.1. The SMILES string of the molecule is C=CCCCC(=O)CC1(CN)CCC1. The van der Waals surface area contributed by atoms with Crippen LogP contribution < -0.4 is 5.73 Å². The van der Waals surface area contributed by atoms with Gasteiger partial charge in [-0.25, -0.2) is 0 Å². The Morgan fingerprint density at radius 3 is 2.64 bits per heavy atom. The fraction of sp³-hybridized carbons (Fsp3) is 0.750. The third kappa shape index (κ3) is 2.95. The van der Waals surface area contributed by atoms with Crippen LogP contribution in [0.1, 0.15) is 44.9 Å². The lowest BCUT2D eigenvalue weighted by molar-refractivity contribution is -0.122. The van der Waals surface area contributed by atoms with E-state index in [1.54, 1.807) is 0 Å². The number of carbonyl (C=O) groups is 1. The molecule has 1 rings (SSSR count). The molecule has 0 aromatic heterocycles. The molecule has 14 heavy (non-hydrogen) atoms. The Balaban J connectivity index is 2.21. The predicted molar refractivity (Wildman–Crippen MR) is 59.0 cm³/mol. The van der Waals surface area contributed by atoms with Gasteiger partial charge in [0, 0.05) is 12.8 Å². The summed E-state index contributed by atoms with van der Waals surface area (Å²) in [5.41, 5.74) is 5.89. The minimum atomic E-state index is 0.186. The van der Waals surface area contributed by atoms with Gasteiger partial charge in [-0.05, 0) is 37.6 Å². The molecule has 2 nitrogen and oxygen atoms in total. The van der Waals surface area contributed by atoms with Crippen LogP contribution in [0.5, 0.6) is 0 Å². The molecule has 0 radical (unpaired) electrons. The van der Waals surface area contributed by atoms with Gasteiger partial charge in [-0.1, -0.05) is 12.5 Å². The zero-order valence-electron chi connectivity index (χ0n) is 8.93. The molecule has 0 spiro atoms. The number of allylic oxidation sites excluding steroid dienone is 1. The summed E-state index contributed by atoms with van der Waals surface area (Å²) >= 11 is 0. The fourth-order valence-corrected chi connectivity index (χ4v) is 2.08. The summed E-state index contributed by atoms with van der Waals surface area (Å²) in [5, 5.41) is 0. The van der Waals surface area contributed by atoms with E-state index in [1.165, 1.54) is 6.42 Å². The summed E-state index contributed by atoms with van der Waals surface area (Å²) in [6.45, 7) is 4.33. The Labute approximate surface area is 86.6 Å². The molecule has 0 heterocycles. The predicted octanol–water partition coefficient (Wildman–Crippen LogP) is 2.43. The molecule has 0 bridgehead atoms. The first-order chi connectivity index (χ1) is 6.72. The van der Waals surface area contributed by atoms with Crippen molar-refractivity contribution in [1.29, 1.82) is 0 Å². The molecule has 0 amide bonds. The van der Waals surface area contributed by atoms with Gasteiger partial charge < -0.3 is 5.73 Å². The second-order valence-electron chi connectivity index (χ2n) is 4.45. The van der Waals surface area contributed by atoms with Crippen LogP contribution in [0.3, 0.4) is 0 Å². The minimum Gasteiger partial charge on any atom is -0.330 e. The Morgan fingerprint density at radius 2 is 2.21 bits per heavy atom. The van der Waals surface area contributed by atoms with Crippen LogP contribution in [0, 0.1) is 5.41 Å². The Bertz CT molecular complexity index is 201. The van der Waals surface area contributed by atoms with E-state index in [9.17, 15) is 4.79 Å². The molecule has 2 N–H and O–H groups in total. The summed E-state index contributed by atoms with van der Waals surface area (Å²) in [5.74, 6) is 0.386. The van der Waals surface area contributed by atoms with Crippen LogP contribution >= 0.6 is 0 Å². The molecule has 0 saturated heterocycles. The molecule has 1 saturated carbocycles. The molecule has 0 atom stereocenters. The molecule has 0 aromatic carbocycles. The van der Waals surface area contributed by atoms with E-state index in [4.69, 9.17) is 5.73 Å². The second-order valence-corrected chi connectivity index (χ2v) is 4.45. The summed E-state index contributed by atoms with van der Waals surface area (Å²) < 4.78 is 0. The van der Waals surface area contributed by atoms with Crippen molar-refractivity contribution < 1.29 is 4.79 Å². The van der Waals surface area contributed by atoms with Crippen molar-refractivity contribution in [3.05, 3.63) is 12.7 Å². The number of ketones is 1. The zero-order chi connectivity index (χ0) is 10.4. The number of carbonyl (C=O) groups excluding carboxylic acids is 1. The number of rotatable bonds is 7. The zero-order valence-corrected chi connectivity index (χ0v) is 8.93. The number of unbranched alkanes of at least 4 members (excludes halogenated alkanes) is 1. The van der Waals surface area contributed by atoms with Crippen LogP contribution in [0.15, 0.2) is 12.7 Å². The Morgan fingerprint density at radius 1 is 1.50 bits per heavy atom. The van der Waals surface area contributed by atoms with Gasteiger partial charge in [-0.3, -0.25) is 4.79 Å². The Kier molecular flexibility index (Phi) is 4.33. The first-order valence-corrected chi connectivity index (χ1v) is 5.55. The summed E-state index contributed by atoms with van der Waals surface area (Å²) in [4.78, 5) is 11.6. The topological polar surface area (TPSA) is 43.1 Å². The highest BCUT2D eigenvalue weighted by Gasteiger charge is 2.36. The maximum Gasteiger partial charge on any atom is 0.133 e. The molecule has 0 aliphatic heterocycles. The van der Waals surface area contributed by atoms with Crippen LogP contribution in [-0.4, -0.2) is 12.3 Å². The quantitative estimate of drug-likeness (QED) is 0.501. The van der Waals surface area contributed by atoms with E-state index in [-0.39, 0.29) is 5.41 Å². The maximum absolute atomic E-state index is 11.6. The smallest absolute Gasteiger partial charge is 0.133 e. The molecular formula is C12H21NO. The average Bonchev–Trinajstić information content (AvgIpc) is 2.12. The molecular weight excluding hydrogens is 174 g/mol. The number of hydrogen-bond acceptors (Lipinski definition) is 2. The lowest BCUT2D eigenvalue weighted by Gasteiger charge is -2.40. The third-order valence-electron chi connectivity index (χ3n) is 3.28. The number of hydrogen-bond donors (Lipinski definition) is 1. The van der Waals surface area contributed by atoms with Crippen LogP contribution in [0.25, 0.3) is 0 Å². The van der Waals surface area contributed by atoms with Crippen molar-refractivity contribution in [3.63, 3.8) is 0 Å². The van der Waals surface area contributed by atoms with Crippen molar-refractivity contribution in [2.75, 3.05) is 6.54 Å². The fourth-order valence-electron chi connectivity index (χ4n) is 2.08. The van der Waals surface area contributed by atoms with Crippen molar-refractivity contribution in [1.82, 2.24) is 0 Å². The molecule has 0 unspecified atom stereocenters. The first-order valence-electron chi connectivity index (χ1n) is 5.55. The third-order valence-corrected chi connectivity index (χ3v) is 3.28. The molecule has 1 aliphatic carbocycles. The summed E-state index contributed by atoms with van der Waals surface area (Å²) in [6, 6.07) is 0. The van der Waals surface area contributed by atoms with Gasteiger partial charge in [-0.2, -0.15) is 0 Å². The van der Waals surface area contributed by atoms with Crippen LogP contribution in [0.4, 0.5) is 0 Å². The largest absolute Gasteiger partial charge is 0.330 e. The van der Waals surface area contributed by atoms with E-state index in [2.05, 4.69) is 6.58 Å². The Hall–Kier alpha value is -0.630. The van der Waals surface area contributed by atoms with E-state index in [1.807, 2.05) is 6.08 Å². The van der Waals surface area contributed by atoms with Gasteiger partial charge >= 0.3 is 0 Å². The van der Waals surface area contributed by atoms with Crippen molar-refractivity contribution >= 4 is 5.78 Å². The molecule has 1 fully saturated rings. The number of Topliss-reactive ketones (excluding diaryl/α,β-unsaturated/α-hetero) is 1. The average molecular weight is 195 g/mol. The van der Waals surface area contributed by atoms with E-state index in [0.717, 1.165) is 25.7 Å². The standard InChI is InChI=1S/C12H21NO/c1-2-3-4-6-11(14)9-12(10-13)7-5-8-12/h2H,1,3-10,13H2. The van der Waals surface area contributed by atoms with Crippen LogP contribution in [-0.2, 0) is 4.79 Å². The van der Waals surface area contributed by atoms with Crippen LogP contribution in [0.2, 0.25) is 0 Å². The van der Waals surface area contributed by atoms with Gasteiger partial charge in [0.1, 0.15) is 5.78 Å². The van der Waals surface area contributed by atoms with Gasteiger partial charge in [0.05, 0.1) is 0 Å². The van der Waals surface area contributed by atoms with E-state index >= 15 is 0 Å². The van der Waals surface area contributed by atoms with Crippen molar-refractivity contribution in [2.45, 2.75) is 44.9 Å². The van der Waals surface area contributed by atoms with Gasteiger partial charge in [-0.15, -0.1) is 6.58 Å². The lowest BCUT2D eigenvalue weighted by Crippen LogP contribution is -2.39.